The summed E-state index contributed by atoms with van der Waals surface area (Å²) in [6, 6.07) is 7.87. The van der Waals surface area contributed by atoms with E-state index in [9.17, 15) is 0 Å². The summed E-state index contributed by atoms with van der Waals surface area (Å²) in [5, 5.41) is 0. The van der Waals surface area contributed by atoms with Crippen molar-refractivity contribution >= 4 is 0 Å². The zero-order chi connectivity index (χ0) is 10.6. The van der Waals surface area contributed by atoms with E-state index in [1.807, 2.05) is 31.2 Å². The molecule has 1 atom stereocenters. The van der Waals surface area contributed by atoms with Crippen molar-refractivity contribution in [2.75, 3.05) is 7.11 Å². The third kappa shape index (κ3) is 2.89. The van der Waals surface area contributed by atoms with Crippen molar-refractivity contribution in [1.29, 1.82) is 0 Å². The number of hydrogen-bond acceptors (Lipinski definition) is 2. The third-order valence-corrected chi connectivity index (χ3v) is 2.11. The first-order chi connectivity index (χ1) is 6.63. The molecule has 0 saturated heterocycles. The molecule has 0 amide bonds. The fourth-order valence-electron chi connectivity index (χ4n) is 1.34. The Morgan fingerprint density at radius 1 is 1.43 bits per heavy atom. The normalized spacial score (nSPS) is 12.2. The quantitative estimate of drug-likeness (QED) is 0.742. The van der Waals surface area contributed by atoms with Gasteiger partial charge in [0.1, 0.15) is 5.75 Å². The molecule has 2 heteroatoms. The van der Waals surface area contributed by atoms with Gasteiger partial charge in [-0.3, -0.25) is 0 Å². The van der Waals surface area contributed by atoms with Crippen molar-refractivity contribution in [2.45, 2.75) is 19.4 Å². The minimum Gasteiger partial charge on any atom is -0.497 e. The van der Waals surface area contributed by atoms with E-state index in [0.29, 0.717) is 0 Å². The largest absolute Gasteiger partial charge is 0.497 e. The van der Waals surface area contributed by atoms with E-state index in [4.69, 9.17) is 10.5 Å². The molecule has 1 rings (SSSR count). The maximum absolute atomic E-state index is 5.99. The van der Waals surface area contributed by atoms with Gasteiger partial charge in [-0.15, -0.1) is 6.58 Å². The molecule has 0 saturated carbocycles. The van der Waals surface area contributed by atoms with Crippen molar-refractivity contribution in [3.63, 3.8) is 0 Å². The number of benzene rings is 1. The number of hydrogen-bond donors (Lipinski definition) is 1. The Morgan fingerprint density at radius 3 is 2.43 bits per heavy atom. The zero-order valence-electron chi connectivity index (χ0n) is 8.79. The van der Waals surface area contributed by atoms with Gasteiger partial charge >= 0.3 is 0 Å². The highest BCUT2D eigenvalue weighted by Gasteiger charge is 2.05. The molecule has 2 N–H and O–H groups in total. The Morgan fingerprint density at radius 2 is 2.00 bits per heavy atom. The SMILES string of the molecule is C=C(C)CC(N)c1ccc(OC)cc1. The molecule has 1 aromatic carbocycles. The molecule has 0 radical (unpaired) electrons. The average molecular weight is 191 g/mol. The van der Waals surface area contributed by atoms with Gasteiger partial charge in [0, 0.05) is 6.04 Å². The number of nitrogens with two attached hydrogens (primary N) is 1. The molecular formula is C12H17NO. The van der Waals surface area contributed by atoms with Gasteiger partial charge in [0.05, 0.1) is 7.11 Å². The van der Waals surface area contributed by atoms with Gasteiger partial charge in [-0.25, -0.2) is 0 Å². The van der Waals surface area contributed by atoms with Crippen LogP contribution in [0.15, 0.2) is 36.4 Å². The number of rotatable bonds is 4. The first kappa shape index (κ1) is 10.8. The lowest BCUT2D eigenvalue weighted by Crippen LogP contribution is -2.10. The van der Waals surface area contributed by atoms with Crippen LogP contribution in [0, 0.1) is 0 Å². The van der Waals surface area contributed by atoms with Crippen LogP contribution in [0.4, 0.5) is 0 Å². The van der Waals surface area contributed by atoms with Crippen molar-refractivity contribution < 1.29 is 4.74 Å². The van der Waals surface area contributed by atoms with Crippen LogP contribution >= 0.6 is 0 Å². The smallest absolute Gasteiger partial charge is 0.118 e. The van der Waals surface area contributed by atoms with Crippen LogP contribution < -0.4 is 10.5 Å². The highest BCUT2D eigenvalue weighted by Crippen LogP contribution is 2.20. The molecule has 0 aliphatic carbocycles. The van der Waals surface area contributed by atoms with Crippen molar-refractivity contribution in [1.82, 2.24) is 0 Å². The summed E-state index contributed by atoms with van der Waals surface area (Å²) in [7, 11) is 1.66. The Balaban J connectivity index is 2.71. The van der Waals surface area contributed by atoms with Crippen LogP contribution in [0.5, 0.6) is 5.75 Å². The van der Waals surface area contributed by atoms with Crippen LogP contribution in [0.25, 0.3) is 0 Å². The first-order valence-electron chi connectivity index (χ1n) is 4.67. The summed E-state index contributed by atoms with van der Waals surface area (Å²) in [5.74, 6) is 0.858. The molecule has 0 fully saturated rings. The highest BCUT2D eigenvalue weighted by molar-refractivity contribution is 5.29. The van der Waals surface area contributed by atoms with Crippen molar-refractivity contribution in [3.8, 4) is 5.75 Å². The van der Waals surface area contributed by atoms with Crippen molar-refractivity contribution in [2.24, 2.45) is 5.73 Å². The Labute approximate surface area is 85.4 Å². The summed E-state index contributed by atoms with van der Waals surface area (Å²) in [4.78, 5) is 0. The minimum atomic E-state index is 0.0402. The van der Waals surface area contributed by atoms with Gasteiger partial charge in [0.25, 0.3) is 0 Å². The molecule has 0 spiro atoms. The molecule has 14 heavy (non-hydrogen) atoms. The molecule has 0 aliphatic rings. The van der Waals surface area contributed by atoms with Crippen LogP contribution in [-0.2, 0) is 0 Å². The van der Waals surface area contributed by atoms with Crippen LogP contribution in [0.1, 0.15) is 24.9 Å². The van der Waals surface area contributed by atoms with Gasteiger partial charge in [-0.1, -0.05) is 17.7 Å². The predicted octanol–water partition coefficient (Wildman–Crippen LogP) is 2.66. The molecule has 0 aromatic heterocycles. The van der Waals surface area contributed by atoms with Crippen LogP contribution in [-0.4, -0.2) is 7.11 Å². The molecular weight excluding hydrogens is 174 g/mol. The maximum atomic E-state index is 5.99. The van der Waals surface area contributed by atoms with Crippen molar-refractivity contribution in [3.05, 3.63) is 42.0 Å². The summed E-state index contributed by atoms with van der Waals surface area (Å²) in [6.07, 6.45) is 0.826. The molecule has 2 nitrogen and oxygen atoms in total. The lowest BCUT2D eigenvalue weighted by atomic mass is 10.0. The van der Waals surface area contributed by atoms with Gasteiger partial charge in [0.15, 0.2) is 0 Å². The maximum Gasteiger partial charge on any atom is 0.118 e. The summed E-state index contributed by atoms with van der Waals surface area (Å²) >= 11 is 0. The summed E-state index contributed by atoms with van der Waals surface area (Å²) in [5.41, 5.74) is 8.21. The Bertz CT molecular complexity index is 303. The Hall–Kier alpha value is -1.28. The Kier molecular flexibility index (Phi) is 3.72. The topological polar surface area (TPSA) is 35.2 Å². The second-order valence-corrected chi connectivity index (χ2v) is 3.54. The van der Waals surface area contributed by atoms with E-state index in [-0.39, 0.29) is 6.04 Å². The average Bonchev–Trinajstić information content (AvgIpc) is 2.17. The lowest BCUT2D eigenvalue weighted by Gasteiger charge is -2.12. The monoisotopic (exact) mass is 191 g/mol. The molecule has 1 aromatic rings. The minimum absolute atomic E-state index is 0.0402. The number of ether oxygens (including phenoxy) is 1. The van der Waals surface area contributed by atoms with E-state index in [2.05, 4.69) is 6.58 Å². The molecule has 0 bridgehead atoms. The number of methoxy groups -OCH3 is 1. The lowest BCUT2D eigenvalue weighted by molar-refractivity contribution is 0.414. The van der Waals surface area contributed by atoms with E-state index in [1.165, 1.54) is 0 Å². The fraction of sp³-hybridized carbons (Fsp3) is 0.333. The van der Waals surface area contributed by atoms with E-state index in [1.54, 1.807) is 7.11 Å². The first-order valence-corrected chi connectivity index (χ1v) is 4.67. The van der Waals surface area contributed by atoms with Gasteiger partial charge in [-0.05, 0) is 31.0 Å². The van der Waals surface area contributed by atoms with Crippen LogP contribution in [0.2, 0.25) is 0 Å². The molecule has 0 heterocycles. The third-order valence-electron chi connectivity index (χ3n) is 2.11. The van der Waals surface area contributed by atoms with Gasteiger partial charge < -0.3 is 10.5 Å². The second kappa shape index (κ2) is 4.82. The highest BCUT2D eigenvalue weighted by atomic mass is 16.5. The van der Waals surface area contributed by atoms with E-state index >= 15 is 0 Å². The summed E-state index contributed by atoms with van der Waals surface area (Å²) in [6.45, 7) is 5.84. The van der Waals surface area contributed by atoms with Gasteiger partial charge in [0.2, 0.25) is 0 Å². The van der Waals surface area contributed by atoms with E-state index in [0.717, 1.165) is 23.3 Å². The molecule has 0 aliphatic heterocycles. The van der Waals surface area contributed by atoms with Crippen LogP contribution in [0.3, 0.4) is 0 Å². The zero-order valence-corrected chi connectivity index (χ0v) is 8.79. The van der Waals surface area contributed by atoms with Gasteiger partial charge in [-0.2, -0.15) is 0 Å². The fourth-order valence-corrected chi connectivity index (χ4v) is 1.34. The molecule has 1 unspecified atom stereocenters. The summed E-state index contributed by atoms with van der Waals surface area (Å²) < 4.78 is 5.07. The second-order valence-electron chi connectivity index (χ2n) is 3.54. The molecule has 76 valence electrons. The van der Waals surface area contributed by atoms with E-state index < -0.39 is 0 Å². The predicted molar refractivity (Wildman–Crippen MR) is 59.4 cm³/mol. The standard InChI is InChI=1S/C12H17NO/c1-9(2)8-12(13)10-4-6-11(14-3)7-5-10/h4-7,12H,1,8,13H2,2-3H3.